The van der Waals surface area contributed by atoms with Gasteiger partial charge in [-0.3, -0.25) is 4.90 Å². The first-order chi connectivity index (χ1) is 17.2. The molecule has 0 aliphatic carbocycles. The zero-order valence-electron chi connectivity index (χ0n) is 19.8. The van der Waals surface area contributed by atoms with Crippen molar-refractivity contribution < 1.29 is 0 Å². The summed E-state index contributed by atoms with van der Waals surface area (Å²) < 4.78 is 0. The molecule has 1 unspecified atom stereocenters. The number of allylic oxidation sites excluding steroid dienone is 2. The first-order valence-electron chi connectivity index (χ1n) is 12.0. The highest BCUT2D eigenvalue weighted by atomic mass is 15.3. The Kier molecular flexibility index (Phi) is 6.82. The molecule has 5 rings (SSSR count). The Morgan fingerprint density at radius 2 is 1.71 bits per heavy atom. The molecule has 35 heavy (non-hydrogen) atoms. The minimum atomic E-state index is -0.0330. The number of aromatic nitrogens is 4. The lowest BCUT2D eigenvalue weighted by Gasteiger charge is -2.39. The number of hydrogen-bond acceptors (Lipinski definition) is 5. The number of nitrogens with one attached hydrogen (secondary N) is 1. The molecule has 1 atom stereocenters. The van der Waals surface area contributed by atoms with Crippen LogP contribution in [0, 0.1) is 0 Å². The van der Waals surface area contributed by atoms with Gasteiger partial charge in [0.2, 0.25) is 5.95 Å². The van der Waals surface area contributed by atoms with Crippen LogP contribution in [0.25, 0.3) is 11.0 Å². The summed E-state index contributed by atoms with van der Waals surface area (Å²) >= 11 is 0. The van der Waals surface area contributed by atoms with Crippen molar-refractivity contribution in [2.24, 2.45) is 0 Å². The summed E-state index contributed by atoms with van der Waals surface area (Å²) in [5.41, 5.74) is 5.66. The molecule has 0 spiro atoms. The van der Waals surface area contributed by atoms with Gasteiger partial charge < -0.3 is 9.88 Å². The number of hydrogen-bond donors (Lipinski definition) is 1. The van der Waals surface area contributed by atoms with Gasteiger partial charge in [-0.1, -0.05) is 67.8 Å². The Morgan fingerprint density at radius 1 is 0.943 bits per heavy atom. The van der Waals surface area contributed by atoms with Crippen molar-refractivity contribution in [1.29, 1.82) is 0 Å². The fourth-order valence-electron chi connectivity index (χ4n) is 4.73. The van der Waals surface area contributed by atoms with Gasteiger partial charge in [0.15, 0.2) is 0 Å². The second kappa shape index (κ2) is 10.5. The van der Waals surface area contributed by atoms with Crippen molar-refractivity contribution in [2.45, 2.75) is 12.5 Å². The number of piperazine rings is 1. The standard InChI is InChI=1S/C29H30N6/c1-3-9-24(4-2)27(34-16-18-35(19-17-34)29-30-14-8-15-31-29)28-32-25-13-12-23(21-26(25)33-28)20-22-10-6-5-7-11-22/h3-15,21,27H,1-2,16-20H2,(H,32,33)/b24-9+. The molecule has 4 aromatic rings. The average molecular weight is 463 g/mol. The number of imidazole rings is 1. The third kappa shape index (κ3) is 5.08. The zero-order valence-corrected chi connectivity index (χ0v) is 19.8. The highest BCUT2D eigenvalue weighted by molar-refractivity contribution is 5.76. The average Bonchev–Trinajstić information content (AvgIpc) is 3.32. The van der Waals surface area contributed by atoms with Gasteiger partial charge in [0.25, 0.3) is 0 Å². The monoisotopic (exact) mass is 462 g/mol. The summed E-state index contributed by atoms with van der Waals surface area (Å²) in [6.45, 7) is 11.4. The van der Waals surface area contributed by atoms with Gasteiger partial charge >= 0.3 is 0 Å². The van der Waals surface area contributed by atoms with Crippen LogP contribution in [0.1, 0.15) is 23.0 Å². The molecular formula is C29H30N6. The van der Waals surface area contributed by atoms with Crippen LogP contribution < -0.4 is 4.90 Å². The number of anilines is 1. The van der Waals surface area contributed by atoms with E-state index in [4.69, 9.17) is 4.98 Å². The predicted octanol–water partition coefficient (Wildman–Crippen LogP) is 5.11. The molecule has 1 aliphatic heterocycles. The second-order valence-electron chi connectivity index (χ2n) is 8.72. The first kappa shape index (κ1) is 22.7. The molecule has 1 aliphatic rings. The second-order valence-corrected chi connectivity index (χ2v) is 8.72. The van der Waals surface area contributed by atoms with E-state index in [1.54, 1.807) is 12.4 Å². The lowest BCUT2D eigenvalue weighted by Crippen LogP contribution is -2.48. The molecule has 1 N–H and O–H groups in total. The highest BCUT2D eigenvalue weighted by Gasteiger charge is 2.29. The Bertz CT molecular complexity index is 1320. The number of nitrogens with zero attached hydrogens (tertiary/aromatic N) is 5. The summed E-state index contributed by atoms with van der Waals surface area (Å²) in [5, 5.41) is 0. The van der Waals surface area contributed by atoms with Crippen LogP contribution in [-0.4, -0.2) is 51.0 Å². The Balaban J connectivity index is 1.42. The zero-order chi connectivity index (χ0) is 24.0. The number of aromatic amines is 1. The van der Waals surface area contributed by atoms with Gasteiger partial charge in [0, 0.05) is 38.6 Å². The molecule has 2 aromatic heterocycles. The number of rotatable bonds is 8. The Morgan fingerprint density at radius 3 is 2.43 bits per heavy atom. The Hall–Kier alpha value is -4.03. The SMILES string of the molecule is C=C/C=C(\C=C)C(c1nc2ccc(Cc3ccccc3)cc2[nH]1)N1CCN(c2ncccn2)CC1. The van der Waals surface area contributed by atoms with Crippen LogP contribution in [0.3, 0.4) is 0 Å². The third-order valence-corrected chi connectivity index (χ3v) is 6.45. The fraction of sp³-hybridized carbons (Fsp3) is 0.207. The summed E-state index contributed by atoms with van der Waals surface area (Å²) in [6, 6.07) is 18.8. The summed E-state index contributed by atoms with van der Waals surface area (Å²) in [6.07, 6.45) is 10.2. The molecular weight excluding hydrogens is 432 g/mol. The van der Waals surface area contributed by atoms with Gasteiger partial charge in [-0.25, -0.2) is 15.0 Å². The fourth-order valence-corrected chi connectivity index (χ4v) is 4.73. The topological polar surface area (TPSA) is 60.9 Å². The van der Waals surface area contributed by atoms with E-state index < -0.39 is 0 Å². The molecule has 0 saturated carbocycles. The lowest BCUT2D eigenvalue weighted by atomic mass is 10.0. The molecule has 1 saturated heterocycles. The van der Waals surface area contributed by atoms with Crippen LogP contribution in [0.4, 0.5) is 5.95 Å². The maximum atomic E-state index is 5.01. The van der Waals surface area contributed by atoms with Crippen LogP contribution in [0.5, 0.6) is 0 Å². The number of H-pyrrole nitrogens is 1. The van der Waals surface area contributed by atoms with E-state index in [0.29, 0.717) is 0 Å². The lowest BCUT2D eigenvalue weighted by molar-refractivity contribution is 0.205. The highest BCUT2D eigenvalue weighted by Crippen LogP contribution is 2.31. The minimum absolute atomic E-state index is 0.0330. The van der Waals surface area contributed by atoms with Gasteiger partial charge in [-0.05, 0) is 41.3 Å². The largest absolute Gasteiger partial charge is 0.340 e. The molecule has 176 valence electrons. The first-order valence-corrected chi connectivity index (χ1v) is 12.0. The molecule has 3 heterocycles. The number of benzene rings is 2. The molecule has 2 aromatic carbocycles. The molecule has 0 amide bonds. The van der Waals surface area contributed by atoms with Crippen LogP contribution in [0.2, 0.25) is 0 Å². The quantitative estimate of drug-likeness (QED) is 0.369. The van der Waals surface area contributed by atoms with Gasteiger partial charge in [-0.2, -0.15) is 0 Å². The smallest absolute Gasteiger partial charge is 0.225 e. The van der Waals surface area contributed by atoms with Gasteiger partial charge in [0.05, 0.1) is 17.1 Å². The maximum Gasteiger partial charge on any atom is 0.225 e. The molecule has 6 heteroatoms. The van der Waals surface area contributed by atoms with E-state index in [1.165, 1.54) is 11.1 Å². The molecule has 0 radical (unpaired) electrons. The third-order valence-electron chi connectivity index (χ3n) is 6.45. The summed E-state index contributed by atoms with van der Waals surface area (Å²) in [7, 11) is 0. The van der Waals surface area contributed by atoms with Crippen LogP contribution in [-0.2, 0) is 6.42 Å². The van der Waals surface area contributed by atoms with Crippen molar-refractivity contribution in [3.05, 3.63) is 121 Å². The van der Waals surface area contributed by atoms with E-state index in [9.17, 15) is 0 Å². The van der Waals surface area contributed by atoms with Crippen molar-refractivity contribution in [1.82, 2.24) is 24.8 Å². The summed E-state index contributed by atoms with van der Waals surface area (Å²) in [5.74, 6) is 1.71. The van der Waals surface area contributed by atoms with E-state index in [0.717, 1.165) is 61.0 Å². The van der Waals surface area contributed by atoms with Crippen LogP contribution >= 0.6 is 0 Å². The van der Waals surface area contributed by atoms with Crippen molar-refractivity contribution in [3.8, 4) is 0 Å². The van der Waals surface area contributed by atoms with E-state index in [2.05, 4.69) is 86.4 Å². The molecule has 6 nitrogen and oxygen atoms in total. The van der Waals surface area contributed by atoms with E-state index in [-0.39, 0.29) is 6.04 Å². The normalized spacial score (nSPS) is 15.8. The Labute approximate surface area is 206 Å². The van der Waals surface area contributed by atoms with E-state index >= 15 is 0 Å². The summed E-state index contributed by atoms with van der Waals surface area (Å²) in [4.78, 5) is 22.1. The van der Waals surface area contributed by atoms with Gasteiger partial charge in [-0.15, -0.1) is 0 Å². The maximum absolute atomic E-state index is 5.01. The molecule has 1 fully saturated rings. The minimum Gasteiger partial charge on any atom is -0.340 e. The molecule has 0 bridgehead atoms. The van der Waals surface area contributed by atoms with Crippen molar-refractivity contribution in [2.75, 3.05) is 31.1 Å². The predicted molar refractivity (Wildman–Crippen MR) is 142 cm³/mol. The van der Waals surface area contributed by atoms with E-state index in [1.807, 2.05) is 24.3 Å². The number of fused-ring (bicyclic) bond motifs is 1. The van der Waals surface area contributed by atoms with Crippen molar-refractivity contribution >= 4 is 17.0 Å². The van der Waals surface area contributed by atoms with Crippen molar-refractivity contribution in [3.63, 3.8) is 0 Å². The van der Waals surface area contributed by atoms with Gasteiger partial charge in [0.1, 0.15) is 5.82 Å². The van der Waals surface area contributed by atoms with Crippen LogP contribution in [0.15, 0.2) is 104 Å².